The summed E-state index contributed by atoms with van der Waals surface area (Å²) in [5.74, 6) is 0.638. The molecule has 5 nitrogen and oxygen atoms in total. The Morgan fingerprint density at radius 2 is 2.29 bits per heavy atom. The second-order valence-electron chi connectivity index (χ2n) is 3.72. The van der Waals surface area contributed by atoms with Gasteiger partial charge in [0.2, 0.25) is 0 Å². The first kappa shape index (κ1) is 13.4. The molecule has 0 aliphatic rings. The van der Waals surface area contributed by atoms with Gasteiger partial charge in [-0.1, -0.05) is 0 Å². The maximum Gasteiger partial charge on any atom is 0.252 e. The Kier molecular flexibility index (Phi) is 5.42. The molecule has 0 spiro atoms. The van der Waals surface area contributed by atoms with Gasteiger partial charge in [0.15, 0.2) is 0 Å². The average molecular weight is 237 g/mol. The van der Waals surface area contributed by atoms with E-state index < -0.39 is 0 Å². The van der Waals surface area contributed by atoms with Gasteiger partial charge < -0.3 is 15.4 Å². The SMILES string of the molecule is CCNc1ccc(C(=O)NCC(C)OC)cn1. The number of aromatic nitrogens is 1. The minimum Gasteiger partial charge on any atom is -0.380 e. The molecule has 0 saturated carbocycles. The highest BCUT2D eigenvalue weighted by molar-refractivity contribution is 5.94. The van der Waals surface area contributed by atoms with Crippen molar-refractivity contribution in [2.45, 2.75) is 20.0 Å². The van der Waals surface area contributed by atoms with Gasteiger partial charge in [-0.25, -0.2) is 4.98 Å². The fourth-order valence-corrected chi connectivity index (χ4v) is 1.24. The number of pyridine rings is 1. The maximum atomic E-state index is 11.7. The summed E-state index contributed by atoms with van der Waals surface area (Å²) in [4.78, 5) is 15.8. The lowest BCUT2D eigenvalue weighted by molar-refractivity contribution is 0.0870. The number of ether oxygens (including phenoxy) is 1. The zero-order chi connectivity index (χ0) is 12.7. The Labute approximate surface area is 102 Å². The largest absolute Gasteiger partial charge is 0.380 e. The van der Waals surface area contributed by atoms with E-state index >= 15 is 0 Å². The molecule has 17 heavy (non-hydrogen) atoms. The lowest BCUT2D eigenvalue weighted by Crippen LogP contribution is -2.31. The second kappa shape index (κ2) is 6.85. The standard InChI is InChI=1S/C12H19N3O2/c1-4-13-11-6-5-10(8-14-11)12(16)15-7-9(2)17-3/h5-6,8-9H,4,7H2,1-3H3,(H,13,14)(H,15,16). The van der Waals surface area contributed by atoms with Crippen LogP contribution in [0.25, 0.3) is 0 Å². The van der Waals surface area contributed by atoms with Gasteiger partial charge in [0.25, 0.3) is 5.91 Å². The smallest absolute Gasteiger partial charge is 0.252 e. The van der Waals surface area contributed by atoms with Crippen LogP contribution in [-0.2, 0) is 4.74 Å². The molecule has 0 radical (unpaired) electrons. The van der Waals surface area contributed by atoms with E-state index in [0.29, 0.717) is 12.1 Å². The van der Waals surface area contributed by atoms with Crippen molar-refractivity contribution in [3.05, 3.63) is 23.9 Å². The van der Waals surface area contributed by atoms with Crippen LogP contribution < -0.4 is 10.6 Å². The topological polar surface area (TPSA) is 63.2 Å². The zero-order valence-corrected chi connectivity index (χ0v) is 10.5. The number of carbonyl (C=O) groups is 1. The molecular weight excluding hydrogens is 218 g/mol. The van der Waals surface area contributed by atoms with Gasteiger partial charge in [0.05, 0.1) is 11.7 Å². The summed E-state index contributed by atoms with van der Waals surface area (Å²) in [7, 11) is 1.61. The van der Waals surface area contributed by atoms with Gasteiger partial charge in [0, 0.05) is 26.4 Å². The van der Waals surface area contributed by atoms with E-state index in [1.54, 1.807) is 25.4 Å². The van der Waals surface area contributed by atoms with Gasteiger partial charge in [-0.15, -0.1) is 0 Å². The van der Waals surface area contributed by atoms with E-state index in [4.69, 9.17) is 4.74 Å². The summed E-state index contributed by atoms with van der Waals surface area (Å²) in [6.45, 7) is 5.19. The van der Waals surface area contributed by atoms with Gasteiger partial charge in [0.1, 0.15) is 5.82 Å². The van der Waals surface area contributed by atoms with Crippen molar-refractivity contribution >= 4 is 11.7 Å². The molecule has 1 aromatic heterocycles. The molecule has 2 N–H and O–H groups in total. The highest BCUT2D eigenvalue weighted by Crippen LogP contribution is 2.04. The van der Waals surface area contributed by atoms with Crippen LogP contribution in [-0.4, -0.2) is 37.2 Å². The lowest BCUT2D eigenvalue weighted by atomic mass is 10.2. The lowest BCUT2D eigenvalue weighted by Gasteiger charge is -2.10. The van der Waals surface area contributed by atoms with Crippen molar-refractivity contribution in [3.63, 3.8) is 0 Å². The number of hydrogen-bond donors (Lipinski definition) is 2. The number of anilines is 1. The Hall–Kier alpha value is -1.62. The molecular formula is C12H19N3O2. The summed E-state index contributed by atoms with van der Waals surface area (Å²) in [5, 5.41) is 5.85. The summed E-state index contributed by atoms with van der Waals surface area (Å²) in [6, 6.07) is 3.54. The molecule has 0 aliphatic heterocycles. The number of carbonyl (C=O) groups excluding carboxylic acids is 1. The van der Waals surface area contributed by atoms with Gasteiger partial charge in [-0.05, 0) is 26.0 Å². The van der Waals surface area contributed by atoms with Crippen LogP contribution in [0.15, 0.2) is 18.3 Å². The molecule has 5 heteroatoms. The van der Waals surface area contributed by atoms with Crippen molar-refractivity contribution in [3.8, 4) is 0 Å². The maximum absolute atomic E-state index is 11.7. The Morgan fingerprint density at radius 3 is 2.82 bits per heavy atom. The molecule has 94 valence electrons. The van der Waals surface area contributed by atoms with Crippen LogP contribution in [0.3, 0.4) is 0 Å². The second-order valence-corrected chi connectivity index (χ2v) is 3.72. The van der Waals surface area contributed by atoms with E-state index in [-0.39, 0.29) is 12.0 Å². The van der Waals surface area contributed by atoms with Gasteiger partial charge >= 0.3 is 0 Å². The van der Waals surface area contributed by atoms with Crippen molar-refractivity contribution < 1.29 is 9.53 Å². The summed E-state index contributed by atoms with van der Waals surface area (Å²) in [5.41, 5.74) is 0.551. The van der Waals surface area contributed by atoms with E-state index in [1.807, 2.05) is 13.8 Å². The predicted molar refractivity (Wildman–Crippen MR) is 67.2 cm³/mol. The number of hydrogen-bond acceptors (Lipinski definition) is 4. The Morgan fingerprint density at radius 1 is 1.53 bits per heavy atom. The number of nitrogens with one attached hydrogen (secondary N) is 2. The molecule has 0 aromatic carbocycles. The quantitative estimate of drug-likeness (QED) is 0.782. The number of nitrogens with zero attached hydrogens (tertiary/aromatic N) is 1. The average Bonchev–Trinajstić information content (AvgIpc) is 2.36. The predicted octanol–water partition coefficient (Wildman–Crippen LogP) is 1.28. The first-order valence-electron chi connectivity index (χ1n) is 5.68. The first-order valence-corrected chi connectivity index (χ1v) is 5.68. The summed E-state index contributed by atoms with van der Waals surface area (Å²) >= 11 is 0. The van der Waals surface area contributed by atoms with Crippen LogP contribution >= 0.6 is 0 Å². The third-order valence-electron chi connectivity index (χ3n) is 2.34. The molecule has 0 fully saturated rings. The van der Waals surface area contributed by atoms with E-state index in [1.165, 1.54) is 0 Å². The van der Waals surface area contributed by atoms with E-state index in [2.05, 4.69) is 15.6 Å². The van der Waals surface area contributed by atoms with E-state index in [0.717, 1.165) is 12.4 Å². The molecule has 1 heterocycles. The monoisotopic (exact) mass is 237 g/mol. The number of methoxy groups -OCH3 is 1. The number of amides is 1. The highest BCUT2D eigenvalue weighted by Gasteiger charge is 2.07. The molecule has 0 saturated heterocycles. The summed E-state index contributed by atoms with van der Waals surface area (Å²) in [6.07, 6.45) is 1.57. The Balaban J connectivity index is 2.51. The van der Waals surface area contributed by atoms with Crippen molar-refractivity contribution in [2.24, 2.45) is 0 Å². The van der Waals surface area contributed by atoms with Crippen LogP contribution in [0.2, 0.25) is 0 Å². The van der Waals surface area contributed by atoms with Crippen LogP contribution in [0.4, 0.5) is 5.82 Å². The molecule has 0 bridgehead atoms. The zero-order valence-electron chi connectivity index (χ0n) is 10.5. The Bertz CT molecular complexity index is 351. The van der Waals surface area contributed by atoms with E-state index in [9.17, 15) is 4.79 Å². The molecule has 1 rings (SSSR count). The highest BCUT2D eigenvalue weighted by atomic mass is 16.5. The first-order chi connectivity index (χ1) is 8.17. The molecule has 1 atom stereocenters. The fourth-order valence-electron chi connectivity index (χ4n) is 1.24. The third-order valence-corrected chi connectivity index (χ3v) is 2.34. The molecule has 1 aromatic rings. The van der Waals surface area contributed by atoms with Crippen molar-refractivity contribution in [2.75, 3.05) is 25.5 Å². The number of rotatable bonds is 6. The van der Waals surface area contributed by atoms with Crippen LogP contribution in [0.5, 0.6) is 0 Å². The van der Waals surface area contributed by atoms with Crippen LogP contribution in [0, 0.1) is 0 Å². The third kappa shape index (κ3) is 4.40. The van der Waals surface area contributed by atoms with Crippen LogP contribution in [0.1, 0.15) is 24.2 Å². The molecule has 1 amide bonds. The van der Waals surface area contributed by atoms with Gasteiger partial charge in [-0.3, -0.25) is 4.79 Å². The van der Waals surface area contributed by atoms with Gasteiger partial charge in [-0.2, -0.15) is 0 Å². The molecule has 1 unspecified atom stereocenters. The normalized spacial score (nSPS) is 11.9. The molecule has 0 aliphatic carbocycles. The van der Waals surface area contributed by atoms with Crippen molar-refractivity contribution in [1.82, 2.24) is 10.3 Å². The summed E-state index contributed by atoms with van der Waals surface area (Å²) < 4.78 is 5.05. The minimum absolute atomic E-state index is 0.00735. The van der Waals surface area contributed by atoms with Crippen molar-refractivity contribution in [1.29, 1.82) is 0 Å². The fraction of sp³-hybridized carbons (Fsp3) is 0.500. The minimum atomic E-state index is -0.135.